The number of hydrogen-bond donors (Lipinski definition) is 0. The zero-order valence-electron chi connectivity index (χ0n) is 16.5. The number of carbonyl (C=O) groups excluding carboxylic acids is 2. The molecule has 29 heavy (non-hydrogen) atoms. The number of fused-ring (bicyclic) bond motifs is 1. The zero-order chi connectivity index (χ0) is 20.2. The molecule has 2 aromatic heterocycles. The number of aromatic nitrogens is 2. The summed E-state index contributed by atoms with van der Waals surface area (Å²) in [7, 11) is 0. The molecule has 4 rings (SSSR count). The van der Waals surface area contributed by atoms with E-state index < -0.39 is 0 Å². The molecule has 3 heterocycles. The van der Waals surface area contributed by atoms with Gasteiger partial charge in [0.2, 0.25) is 0 Å². The molecule has 0 spiro atoms. The SMILES string of the molecule is Cc1nc2ccccc2n1CCCOC(=O)C1CCN(C(=O)c2cccs2)CC1. The van der Waals surface area contributed by atoms with E-state index >= 15 is 0 Å². The van der Waals surface area contributed by atoms with Gasteiger partial charge < -0.3 is 14.2 Å². The van der Waals surface area contributed by atoms with Gasteiger partial charge in [-0.2, -0.15) is 0 Å². The van der Waals surface area contributed by atoms with Gasteiger partial charge >= 0.3 is 5.97 Å². The molecule has 152 valence electrons. The largest absolute Gasteiger partial charge is 0.465 e. The highest BCUT2D eigenvalue weighted by molar-refractivity contribution is 7.12. The summed E-state index contributed by atoms with van der Waals surface area (Å²) in [5, 5.41) is 1.91. The smallest absolute Gasteiger partial charge is 0.309 e. The predicted octanol–water partition coefficient (Wildman–Crippen LogP) is 3.89. The van der Waals surface area contributed by atoms with Crippen molar-refractivity contribution in [3.8, 4) is 0 Å². The molecular weight excluding hydrogens is 386 g/mol. The van der Waals surface area contributed by atoms with Gasteiger partial charge in [-0.3, -0.25) is 9.59 Å². The molecule has 1 saturated heterocycles. The Morgan fingerprint density at radius 1 is 1.17 bits per heavy atom. The topological polar surface area (TPSA) is 64.4 Å². The van der Waals surface area contributed by atoms with Crippen LogP contribution in [0.25, 0.3) is 11.0 Å². The monoisotopic (exact) mass is 411 g/mol. The van der Waals surface area contributed by atoms with Crippen LogP contribution in [0.4, 0.5) is 0 Å². The van der Waals surface area contributed by atoms with Crippen LogP contribution in [0.1, 0.15) is 34.8 Å². The van der Waals surface area contributed by atoms with Gasteiger partial charge in [0.25, 0.3) is 5.91 Å². The number of ether oxygens (including phenoxy) is 1. The van der Waals surface area contributed by atoms with Crippen molar-refractivity contribution in [2.45, 2.75) is 32.7 Å². The highest BCUT2D eigenvalue weighted by Gasteiger charge is 2.29. The first-order chi connectivity index (χ1) is 14.1. The van der Waals surface area contributed by atoms with Gasteiger partial charge in [-0.05, 0) is 49.8 Å². The molecular formula is C22H25N3O3S. The number of carbonyl (C=O) groups is 2. The average molecular weight is 412 g/mol. The van der Waals surface area contributed by atoms with Crippen LogP contribution in [0.15, 0.2) is 41.8 Å². The summed E-state index contributed by atoms with van der Waals surface area (Å²) in [6.07, 6.45) is 2.09. The number of thiophene rings is 1. The van der Waals surface area contributed by atoms with Crippen LogP contribution in [0.3, 0.4) is 0 Å². The Kier molecular flexibility index (Phi) is 5.94. The number of rotatable bonds is 6. The minimum Gasteiger partial charge on any atom is -0.465 e. The van der Waals surface area contributed by atoms with E-state index in [9.17, 15) is 9.59 Å². The standard InChI is InChI=1S/C22H25N3O3S/c1-16-23-18-6-2-3-7-19(18)25(16)11-5-14-28-22(27)17-9-12-24(13-10-17)21(26)20-8-4-15-29-20/h2-4,6-8,15,17H,5,9-14H2,1H3. The lowest BCUT2D eigenvalue weighted by Gasteiger charge is -2.30. The Morgan fingerprint density at radius 3 is 2.72 bits per heavy atom. The third-order valence-electron chi connectivity index (χ3n) is 5.46. The van der Waals surface area contributed by atoms with Crippen LogP contribution < -0.4 is 0 Å². The first-order valence-electron chi connectivity index (χ1n) is 10.0. The summed E-state index contributed by atoms with van der Waals surface area (Å²) in [5.41, 5.74) is 2.10. The molecule has 0 saturated carbocycles. The van der Waals surface area contributed by atoms with Crippen molar-refractivity contribution in [2.24, 2.45) is 5.92 Å². The highest BCUT2D eigenvalue weighted by Crippen LogP contribution is 2.22. The Morgan fingerprint density at radius 2 is 1.97 bits per heavy atom. The van der Waals surface area contributed by atoms with Crippen LogP contribution in [-0.4, -0.2) is 46.0 Å². The van der Waals surface area contributed by atoms with E-state index in [1.165, 1.54) is 11.3 Å². The van der Waals surface area contributed by atoms with Crippen LogP contribution >= 0.6 is 11.3 Å². The molecule has 0 bridgehead atoms. The van der Waals surface area contributed by atoms with Gasteiger partial charge in [0.15, 0.2) is 0 Å². The second-order valence-corrected chi connectivity index (χ2v) is 8.31. The van der Waals surface area contributed by atoms with Crippen molar-refractivity contribution >= 4 is 34.2 Å². The summed E-state index contributed by atoms with van der Waals surface area (Å²) >= 11 is 1.46. The number of amides is 1. The van der Waals surface area contributed by atoms with Gasteiger partial charge in [0.1, 0.15) is 5.82 Å². The maximum absolute atomic E-state index is 12.4. The van der Waals surface area contributed by atoms with Crippen molar-refractivity contribution in [3.63, 3.8) is 0 Å². The number of benzene rings is 1. The maximum Gasteiger partial charge on any atom is 0.309 e. The summed E-state index contributed by atoms with van der Waals surface area (Å²) in [6.45, 7) is 4.39. The predicted molar refractivity (Wildman–Crippen MR) is 113 cm³/mol. The molecule has 1 fully saturated rings. The van der Waals surface area contributed by atoms with Crippen LogP contribution in [0, 0.1) is 12.8 Å². The van der Waals surface area contributed by atoms with Crippen molar-refractivity contribution in [2.75, 3.05) is 19.7 Å². The first kappa shape index (κ1) is 19.6. The lowest BCUT2D eigenvalue weighted by Crippen LogP contribution is -2.40. The third kappa shape index (κ3) is 4.34. The van der Waals surface area contributed by atoms with Gasteiger partial charge in [0.05, 0.1) is 28.4 Å². The lowest BCUT2D eigenvalue weighted by atomic mass is 9.97. The quantitative estimate of drug-likeness (QED) is 0.456. The van der Waals surface area contributed by atoms with Gasteiger partial charge in [0, 0.05) is 19.6 Å². The minimum atomic E-state index is -0.138. The molecule has 0 aliphatic carbocycles. The number of imidazole rings is 1. The molecule has 7 heteroatoms. The number of aryl methyl sites for hydroxylation is 2. The van der Waals surface area contributed by atoms with E-state index in [-0.39, 0.29) is 17.8 Å². The van der Waals surface area contributed by atoms with Gasteiger partial charge in [-0.25, -0.2) is 4.98 Å². The lowest BCUT2D eigenvalue weighted by molar-refractivity contribution is -0.150. The number of nitrogens with zero attached hydrogens (tertiary/aromatic N) is 3. The van der Waals surface area contributed by atoms with Crippen molar-refractivity contribution in [1.82, 2.24) is 14.5 Å². The maximum atomic E-state index is 12.4. The summed E-state index contributed by atoms with van der Waals surface area (Å²) < 4.78 is 7.69. The Balaban J connectivity index is 1.21. The van der Waals surface area contributed by atoms with Gasteiger partial charge in [-0.1, -0.05) is 18.2 Å². The highest BCUT2D eigenvalue weighted by atomic mass is 32.1. The number of hydrogen-bond acceptors (Lipinski definition) is 5. The normalized spacial score (nSPS) is 15.0. The third-order valence-corrected chi connectivity index (χ3v) is 6.32. The molecule has 3 aromatic rings. The fourth-order valence-corrected chi connectivity index (χ4v) is 4.56. The molecule has 0 N–H and O–H groups in total. The van der Waals surface area contributed by atoms with E-state index in [0.717, 1.165) is 34.7 Å². The Bertz CT molecular complexity index is 988. The Labute approximate surface area is 174 Å². The number of para-hydroxylation sites is 2. The fourth-order valence-electron chi connectivity index (χ4n) is 3.87. The second-order valence-electron chi connectivity index (χ2n) is 7.36. The van der Waals surface area contributed by atoms with E-state index in [2.05, 4.69) is 15.6 Å². The van der Waals surface area contributed by atoms with E-state index in [0.29, 0.717) is 32.5 Å². The van der Waals surface area contributed by atoms with Crippen molar-refractivity contribution in [1.29, 1.82) is 0 Å². The van der Waals surface area contributed by atoms with Crippen LogP contribution in [0.2, 0.25) is 0 Å². The van der Waals surface area contributed by atoms with Gasteiger partial charge in [-0.15, -0.1) is 11.3 Å². The molecule has 1 aromatic carbocycles. The molecule has 1 aliphatic rings. The average Bonchev–Trinajstić information content (AvgIpc) is 3.38. The number of esters is 1. The molecule has 1 amide bonds. The van der Waals surface area contributed by atoms with Crippen LogP contribution in [-0.2, 0) is 16.1 Å². The van der Waals surface area contributed by atoms with E-state index in [1.54, 1.807) is 0 Å². The molecule has 6 nitrogen and oxygen atoms in total. The van der Waals surface area contributed by atoms with E-state index in [1.807, 2.05) is 47.5 Å². The zero-order valence-corrected chi connectivity index (χ0v) is 17.4. The van der Waals surface area contributed by atoms with E-state index in [4.69, 9.17) is 4.74 Å². The summed E-state index contributed by atoms with van der Waals surface area (Å²) in [4.78, 5) is 32.0. The van der Waals surface area contributed by atoms with Crippen molar-refractivity contribution in [3.05, 3.63) is 52.5 Å². The number of likely N-dealkylation sites (tertiary alicyclic amines) is 1. The molecule has 0 atom stereocenters. The second kappa shape index (κ2) is 8.78. The number of piperidine rings is 1. The summed E-state index contributed by atoms with van der Waals surface area (Å²) in [5.74, 6) is 0.786. The minimum absolute atomic E-state index is 0.0646. The molecule has 0 radical (unpaired) electrons. The fraction of sp³-hybridized carbons (Fsp3) is 0.409. The van der Waals surface area contributed by atoms with Crippen LogP contribution in [0.5, 0.6) is 0 Å². The van der Waals surface area contributed by atoms with Crippen molar-refractivity contribution < 1.29 is 14.3 Å². The molecule has 1 aliphatic heterocycles. The first-order valence-corrected chi connectivity index (χ1v) is 10.9. The summed E-state index contributed by atoms with van der Waals surface area (Å²) in [6, 6.07) is 11.8. The molecule has 0 unspecified atom stereocenters. The Hall–Kier alpha value is -2.67.